The number of rotatable bonds is 12. The largest absolute Gasteiger partial charge is 0.312 e. The normalized spacial score (nSPS) is 15.3. The van der Waals surface area contributed by atoms with E-state index in [1.54, 1.807) is 0 Å². The number of fused-ring (bicyclic) bond motifs is 7. The second-order valence-corrected chi connectivity index (χ2v) is 15.7. The summed E-state index contributed by atoms with van der Waals surface area (Å²) in [6.45, 7) is 25.6. The zero-order valence-electron chi connectivity index (χ0n) is 38.5. The van der Waals surface area contributed by atoms with E-state index in [4.69, 9.17) is 9.97 Å². The van der Waals surface area contributed by atoms with Crippen molar-refractivity contribution in [3.8, 4) is 11.4 Å². The Balaban J connectivity index is 0.00000166. The van der Waals surface area contributed by atoms with Crippen LogP contribution in [0.2, 0.25) is 0 Å². The van der Waals surface area contributed by atoms with Crippen molar-refractivity contribution in [2.75, 3.05) is 4.90 Å². The van der Waals surface area contributed by atoms with Crippen molar-refractivity contribution in [1.29, 1.82) is 0 Å². The molecule has 4 nitrogen and oxygen atoms in total. The van der Waals surface area contributed by atoms with Crippen LogP contribution in [0.1, 0.15) is 135 Å². The molecule has 4 heteroatoms. The van der Waals surface area contributed by atoms with Gasteiger partial charge < -0.3 is 9.47 Å². The van der Waals surface area contributed by atoms with Gasteiger partial charge >= 0.3 is 0 Å². The Hall–Kier alpha value is -5.74. The van der Waals surface area contributed by atoms with Gasteiger partial charge in [-0.3, -0.25) is 0 Å². The summed E-state index contributed by atoms with van der Waals surface area (Å²) in [6.07, 6.45) is 24.4. The van der Waals surface area contributed by atoms with Crippen molar-refractivity contribution in [3.05, 3.63) is 173 Å². The van der Waals surface area contributed by atoms with Crippen LogP contribution in [-0.4, -0.2) is 14.5 Å². The van der Waals surface area contributed by atoms with Crippen LogP contribution in [0.4, 0.5) is 5.69 Å². The third-order valence-corrected chi connectivity index (χ3v) is 10.9. The summed E-state index contributed by atoms with van der Waals surface area (Å²) in [5, 5.41) is 1.28. The molecule has 0 saturated carbocycles. The van der Waals surface area contributed by atoms with Crippen LogP contribution >= 0.6 is 0 Å². The Kier molecular flexibility index (Phi) is 16.2. The zero-order valence-corrected chi connectivity index (χ0v) is 38.5. The second-order valence-electron chi connectivity index (χ2n) is 15.7. The maximum absolute atomic E-state index is 5.15. The van der Waals surface area contributed by atoms with Crippen molar-refractivity contribution in [2.24, 2.45) is 5.92 Å². The lowest BCUT2D eigenvalue weighted by molar-refractivity contribution is 0.577. The monoisotopic (exact) mass is 797 g/mol. The van der Waals surface area contributed by atoms with Gasteiger partial charge in [0.1, 0.15) is 0 Å². The number of allylic oxidation sites excluding steroid dienone is 12. The number of aryl methyl sites for hydroxylation is 1. The average Bonchev–Trinajstić information content (AvgIpc) is 3.51. The molecule has 7 rings (SSSR count). The predicted molar refractivity (Wildman–Crippen MR) is 264 cm³/mol. The molecule has 0 spiro atoms. The third-order valence-electron chi connectivity index (χ3n) is 10.9. The lowest BCUT2D eigenvalue weighted by atomic mass is 9.91. The first-order valence-electron chi connectivity index (χ1n) is 22.4. The van der Waals surface area contributed by atoms with Crippen LogP contribution < -0.4 is 4.90 Å². The fourth-order valence-corrected chi connectivity index (χ4v) is 7.95. The number of para-hydroxylation sites is 2. The molecule has 2 unspecified atom stereocenters. The van der Waals surface area contributed by atoms with Gasteiger partial charge in [-0.05, 0) is 108 Å². The number of hydrogen-bond donors (Lipinski definition) is 0. The minimum Gasteiger partial charge on any atom is -0.312 e. The number of aromatic nitrogens is 3. The summed E-state index contributed by atoms with van der Waals surface area (Å²) in [5.74, 6) is 1.35. The van der Waals surface area contributed by atoms with Gasteiger partial charge in [0.15, 0.2) is 5.82 Å². The maximum Gasteiger partial charge on any atom is 0.160 e. The highest BCUT2D eigenvalue weighted by Gasteiger charge is 2.33. The van der Waals surface area contributed by atoms with Gasteiger partial charge in [-0.2, -0.15) is 0 Å². The van der Waals surface area contributed by atoms with Gasteiger partial charge in [0.2, 0.25) is 0 Å². The molecule has 2 aliphatic rings. The second kappa shape index (κ2) is 21.5. The molecule has 312 valence electrons. The standard InChI is InChI=1S/C52H56N4.2C2H6/c1-9-11-12-17-39(8)55-49-21-16-14-19-45(49)46-31-29-41-33-50(51(46)55)56(48-20-15-13-18-44(41)48)43(10-2)30-25-37(6)32-42-34-47(38(7)26-22-35(3)4)54-52(53-42)40-27-23-36(5)24-28-40;2*1-2/h11-24,26-31,33-34,37,41H,9-10,25,32H2,1-8H3;2*1-2H3/b12-11-,38-26+,39-17+,43-30+;;. The van der Waals surface area contributed by atoms with E-state index in [-0.39, 0.29) is 5.92 Å². The van der Waals surface area contributed by atoms with E-state index in [0.717, 1.165) is 54.0 Å². The van der Waals surface area contributed by atoms with E-state index in [0.29, 0.717) is 5.92 Å². The summed E-state index contributed by atoms with van der Waals surface area (Å²) >= 11 is 0. The van der Waals surface area contributed by atoms with Crippen molar-refractivity contribution in [2.45, 2.75) is 115 Å². The first kappa shape index (κ1) is 45.3. The summed E-state index contributed by atoms with van der Waals surface area (Å²) < 4.78 is 2.48. The van der Waals surface area contributed by atoms with Crippen LogP contribution in [0, 0.1) is 12.8 Å². The van der Waals surface area contributed by atoms with E-state index >= 15 is 0 Å². The van der Waals surface area contributed by atoms with Crippen LogP contribution in [0.5, 0.6) is 0 Å². The molecule has 3 aromatic carbocycles. The summed E-state index contributed by atoms with van der Waals surface area (Å²) in [6, 6.07) is 28.6. The molecule has 0 fully saturated rings. The summed E-state index contributed by atoms with van der Waals surface area (Å²) in [5.41, 5.74) is 16.9. The molecular weight excluding hydrogens is 729 g/mol. The SMILES string of the molecule is CC.CC.CC/C=C\C=C(/C)n1c2c(c3ccccc31)C=CC1C=C2N(/C(=C/CC(C)Cc2cc(/C(C)=C/C=C(C)C)nc(-c3ccc(C)cc3)n2)CC)c2ccccc21. The topological polar surface area (TPSA) is 34.0 Å². The molecule has 0 saturated heterocycles. The molecule has 2 atom stereocenters. The fraction of sp³-hybridized carbons (Fsp3) is 0.321. The quantitative estimate of drug-likeness (QED) is 0.118. The average molecular weight is 797 g/mol. The van der Waals surface area contributed by atoms with Gasteiger partial charge in [0.05, 0.1) is 22.6 Å². The first-order chi connectivity index (χ1) is 29.2. The summed E-state index contributed by atoms with van der Waals surface area (Å²) in [7, 11) is 0. The predicted octanol–water partition coefficient (Wildman–Crippen LogP) is 16.2. The van der Waals surface area contributed by atoms with Crippen molar-refractivity contribution >= 4 is 39.6 Å². The van der Waals surface area contributed by atoms with Crippen molar-refractivity contribution < 1.29 is 0 Å². The van der Waals surface area contributed by atoms with Crippen LogP contribution in [0.15, 0.2) is 139 Å². The molecule has 5 aromatic rings. The van der Waals surface area contributed by atoms with Gasteiger partial charge in [-0.25, -0.2) is 9.97 Å². The zero-order chi connectivity index (χ0) is 43.3. The molecule has 0 radical (unpaired) electrons. The maximum atomic E-state index is 5.15. The molecule has 2 bridgehead atoms. The van der Waals surface area contributed by atoms with Crippen molar-refractivity contribution in [3.63, 3.8) is 0 Å². The highest BCUT2D eigenvalue weighted by molar-refractivity contribution is 6.02. The highest BCUT2D eigenvalue weighted by atomic mass is 15.2. The Morgan fingerprint density at radius 2 is 1.55 bits per heavy atom. The lowest BCUT2D eigenvalue weighted by Crippen LogP contribution is -2.27. The van der Waals surface area contributed by atoms with E-state index in [1.807, 2.05) is 27.7 Å². The molecule has 0 amide bonds. The molecular formula is C56H68N4. The van der Waals surface area contributed by atoms with Gasteiger partial charge in [-0.1, -0.05) is 163 Å². The number of hydrogen-bond acceptors (Lipinski definition) is 3. The third kappa shape index (κ3) is 10.2. The minimum absolute atomic E-state index is 0.197. The van der Waals surface area contributed by atoms with E-state index in [1.165, 1.54) is 61.6 Å². The first-order valence-corrected chi connectivity index (χ1v) is 22.4. The highest BCUT2D eigenvalue weighted by Crippen LogP contribution is 2.48. The van der Waals surface area contributed by atoms with Crippen LogP contribution in [0.3, 0.4) is 0 Å². The fourth-order valence-electron chi connectivity index (χ4n) is 7.95. The van der Waals surface area contributed by atoms with E-state index < -0.39 is 0 Å². The lowest BCUT2D eigenvalue weighted by Gasteiger charge is -2.37. The number of nitrogens with zero attached hydrogens (tertiary/aromatic N) is 4. The Morgan fingerprint density at radius 3 is 2.27 bits per heavy atom. The van der Waals surface area contributed by atoms with Crippen molar-refractivity contribution in [1.82, 2.24) is 14.5 Å². The van der Waals surface area contributed by atoms with Crippen LogP contribution in [-0.2, 0) is 6.42 Å². The van der Waals surface area contributed by atoms with Gasteiger partial charge in [0, 0.05) is 45.2 Å². The molecule has 1 aliphatic heterocycles. The Bertz CT molecular complexity index is 2450. The molecule has 2 aromatic heterocycles. The molecule has 1 aliphatic carbocycles. The molecule has 3 heterocycles. The minimum atomic E-state index is 0.197. The molecule has 60 heavy (non-hydrogen) atoms. The number of anilines is 1. The van der Waals surface area contributed by atoms with Crippen LogP contribution in [0.25, 0.3) is 45.3 Å². The molecule has 0 N–H and O–H groups in total. The van der Waals surface area contributed by atoms with Gasteiger partial charge in [0.25, 0.3) is 0 Å². The Morgan fingerprint density at radius 1 is 0.833 bits per heavy atom. The van der Waals surface area contributed by atoms with Gasteiger partial charge in [-0.15, -0.1) is 0 Å². The van der Waals surface area contributed by atoms with E-state index in [9.17, 15) is 0 Å². The number of benzene rings is 3. The van der Waals surface area contributed by atoms with E-state index in [2.05, 4.69) is 198 Å². The summed E-state index contributed by atoms with van der Waals surface area (Å²) in [4.78, 5) is 12.8. The smallest absolute Gasteiger partial charge is 0.160 e. The Labute approximate surface area is 362 Å².